The summed E-state index contributed by atoms with van der Waals surface area (Å²) in [5, 5.41) is 13.4. The smallest absolute Gasteiger partial charge is 0.269 e. The number of rotatable bonds is 4. The first kappa shape index (κ1) is 19.3. The molecule has 2 aromatic rings. The first-order chi connectivity index (χ1) is 13.3. The van der Waals surface area contributed by atoms with Gasteiger partial charge in [-0.05, 0) is 49.8 Å². The van der Waals surface area contributed by atoms with Crippen LogP contribution in [-0.4, -0.2) is 28.1 Å². The maximum Gasteiger partial charge on any atom is 0.269 e. The fraction of sp³-hybridized carbons (Fsp3) is 0.158. The minimum atomic E-state index is -1.16. The number of nitrogens with zero attached hydrogens (tertiary/aromatic N) is 3. The van der Waals surface area contributed by atoms with E-state index in [-0.39, 0.29) is 10.8 Å². The zero-order valence-corrected chi connectivity index (χ0v) is 15.9. The Morgan fingerprint density at radius 3 is 2.46 bits per heavy atom. The molecule has 3 rings (SSSR count). The number of hydrogen-bond acceptors (Lipinski definition) is 6. The Morgan fingerprint density at radius 2 is 1.86 bits per heavy atom. The molecule has 0 spiro atoms. The molecule has 1 heterocycles. The SMILES string of the molecule is Cc1ccc(N2C(=O)[C@@H](C=Nc3ccc([N+](=O)[O-])cc3C)C(=O)NC2=S)cc1. The van der Waals surface area contributed by atoms with E-state index in [1.54, 1.807) is 19.1 Å². The molecule has 9 heteroatoms. The van der Waals surface area contributed by atoms with E-state index in [2.05, 4.69) is 10.3 Å². The molecule has 1 fully saturated rings. The Morgan fingerprint density at radius 1 is 1.18 bits per heavy atom. The van der Waals surface area contributed by atoms with Gasteiger partial charge in [-0.3, -0.25) is 29.6 Å². The Kier molecular flexibility index (Phi) is 5.27. The van der Waals surface area contributed by atoms with Crippen molar-refractivity contribution in [3.05, 3.63) is 63.7 Å². The normalized spacial score (nSPS) is 17.1. The van der Waals surface area contributed by atoms with E-state index in [1.165, 1.54) is 29.3 Å². The molecule has 8 nitrogen and oxygen atoms in total. The van der Waals surface area contributed by atoms with Crippen LogP contribution < -0.4 is 10.2 Å². The van der Waals surface area contributed by atoms with Gasteiger partial charge in [0, 0.05) is 18.3 Å². The topological polar surface area (TPSA) is 105 Å². The summed E-state index contributed by atoms with van der Waals surface area (Å²) in [7, 11) is 0. The molecule has 2 aromatic carbocycles. The summed E-state index contributed by atoms with van der Waals surface area (Å²) in [4.78, 5) is 40.9. The van der Waals surface area contributed by atoms with E-state index in [4.69, 9.17) is 12.2 Å². The van der Waals surface area contributed by atoms with Crippen molar-refractivity contribution < 1.29 is 14.5 Å². The molecular weight excluding hydrogens is 380 g/mol. The fourth-order valence-corrected chi connectivity index (χ4v) is 3.01. The highest BCUT2D eigenvalue weighted by molar-refractivity contribution is 7.80. The van der Waals surface area contributed by atoms with Gasteiger partial charge in [0.05, 0.1) is 16.3 Å². The number of nitro groups is 1. The molecule has 0 aromatic heterocycles. The van der Waals surface area contributed by atoms with Crippen LogP contribution in [0.4, 0.5) is 17.1 Å². The lowest BCUT2D eigenvalue weighted by Gasteiger charge is -2.31. The minimum absolute atomic E-state index is 0.00928. The summed E-state index contributed by atoms with van der Waals surface area (Å²) >= 11 is 5.15. The van der Waals surface area contributed by atoms with Gasteiger partial charge in [-0.15, -0.1) is 0 Å². The molecule has 1 aliphatic rings. The monoisotopic (exact) mass is 396 g/mol. The van der Waals surface area contributed by atoms with E-state index >= 15 is 0 Å². The first-order valence-electron chi connectivity index (χ1n) is 8.32. The Hall–Kier alpha value is -3.46. The van der Waals surface area contributed by atoms with Gasteiger partial charge in [-0.2, -0.15) is 0 Å². The van der Waals surface area contributed by atoms with Gasteiger partial charge in [0.25, 0.3) is 11.6 Å². The molecule has 1 atom stereocenters. The molecule has 0 bridgehead atoms. The molecule has 0 unspecified atom stereocenters. The zero-order valence-electron chi connectivity index (χ0n) is 15.1. The average molecular weight is 396 g/mol. The Labute approximate surface area is 166 Å². The van der Waals surface area contributed by atoms with Gasteiger partial charge in [0.2, 0.25) is 5.91 Å². The summed E-state index contributed by atoms with van der Waals surface area (Å²) in [6.45, 7) is 3.58. The van der Waals surface area contributed by atoms with Gasteiger partial charge in [0.1, 0.15) is 0 Å². The summed E-state index contributed by atoms with van der Waals surface area (Å²) in [5.41, 5.74) is 2.50. The molecule has 2 amide bonds. The van der Waals surface area contributed by atoms with E-state index in [0.29, 0.717) is 16.9 Å². The Bertz CT molecular complexity index is 1020. The van der Waals surface area contributed by atoms with Crippen molar-refractivity contribution in [1.29, 1.82) is 0 Å². The number of aliphatic imine (C=N–C) groups is 1. The van der Waals surface area contributed by atoms with Crippen LogP contribution in [0, 0.1) is 29.9 Å². The van der Waals surface area contributed by atoms with Crippen LogP contribution in [0.15, 0.2) is 47.5 Å². The number of non-ortho nitro benzene ring substituents is 1. The van der Waals surface area contributed by atoms with Crippen molar-refractivity contribution in [3.8, 4) is 0 Å². The predicted octanol–water partition coefficient (Wildman–Crippen LogP) is 2.98. The number of carbonyl (C=O) groups excluding carboxylic acids is 2. The number of amides is 2. The average Bonchev–Trinajstić information content (AvgIpc) is 2.63. The number of hydrogen-bond donors (Lipinski definition) is 1. The third kappa shape index (κ3) is 3.79. The predicted molar refractivity (Wildman–Crippen MR) is 109 cm³/mol. The van der Waals surface area contributed by atoms with Crippen molar-refractivity contribution >= 4 is 52.4 Å². The van der Waals surface area contributed by atoms with E-state index in [9.17, 15) is 19.7 Å². The summed E-state index contributed by atoms with van der Waals surface area (Å²) in [6, 6.07) is 11.3. The second-order valence-corrected chi connectivity index (χ2v) is 6.67. The van der Waals surface area contributed by atoms with Gasteiger partial charge in [-0.1, -0.05) is 17.7 Å². The van der Waals surface area contributed by atoms with Crippen molar-refractivity contribution in [3.63, 3.8) is 0 Å². The van der Waals surface area contributed by atoms with Crippen LogP contribution in [0.3, 0.4) is 0 Å². The number of nitrogens with one attached hydrogen (secondary N) is 1. The standard InChI is InChI=1S/C19H16N4O4S/c1-11-3-5-13(6-4-11)22-18(25)15(17(24)21-19(22)28)10-20-16-8-7-14(23(26)27)9-12(16)2/h3-10,15H,1-2H3,(H,21,24,28)/t15-/m0/s1. The second-order valence-electron chi connectivity index (χ2n) is 6.29. The molecule has 1 N–H and O–H groups in total. The third-order valence-corrected chi connectivity index (χ3v) is 4.53. The lowest BCUT2D eigenvalue weighted by atomic mass is 10.1. The van der Waals surface area contributed by atoms with Crippen LogP contribution in [0.2, 0.25) is 0 Å². The number of carbonyl (C=O) groups is 2. The molecule has 0 radical (unpaired) electrons. The van der Waals surface area contributed by atoms with Crippen LogP contribution in [0.5, 0.6) is 0 Å². The third-order valence-electron chi connectivity index (χ3n) is 4.25. The number of nitro benzene ring substituents is 1. The first-order valence-corrected chi connectivity index (χ1v) is 8.73. The minimum Gasteiger partial charge on any atom is -0.301 e. The van der Waals surface area contributed by atoms with E-state index < -0.39 is 22.7 Å². The molecule has 0 aliphatic carbocycles. The fourth-order valence-electron chi connectivity index (χ4n) is 2.71. The molecular formula is C19H16N4O4S. The van der Waals surface area contributed by atoms with Gasteiger partial charge in [0.15, 0.2) is 11.0 Å². The maximum absolute atomic E-state index is 12.9. The summed E-state index contributed by atoms with van der Waals surface area (Å²) < 4.78 is 0. The number of thiocarbonyl (C=S) groups is 1. The lowest BCUT2D eigenvalue weighted by Crippen LogP contribution is -2.58. The number of anilines is 1. The zero-order chi connectivity index (χ0) is 20.4. The van der Waals surface area contributed by atoms with Gasteiger partial charge in [-0.25, -0.2) is 0 Å². The van der Waals surface area contributed by atoms with Crippen LogP contribution in [-0.2, 0) is 9.59 Å². The summed E-state index contributed by atoms with van der Waals surface area (Å²) in [5.74, 6) is -2.25. The molecule has 1 aliphatic heterocycles. The van der Waals surface area contributed by atoms with Crippen molar-refractivity contribution in [2.24, 2.45) is 10.9 Å². The summed E-state index contributed by atoms with van der Waals surface area (Å²) in [6.07, 6.45) is 1.23. The quantitative estimate of drug-likeness (QED) is 0.281. The van der Waals surface area contributed by atoms with Crippen LogP contribution >= 0.6 is 12.2 Å². The molecule has 0 saturated carbocycles. The molecule has 1 saturated heterocycles. The number of aryl methyl sites for hydroxylation is 2. The second kappa shape index (κ2) is 7.65. The largest absolute Gasteiger partial charge is 0.301 e. The number of benzene rings is 2. The van der Waals surface area contributed by atoms with E-state index in [0.717, 1.165) is 5.56 Å². The van der Waals surface area contributed by atoms with E-state index in [1.807, 2.05) is 19.1 Å². The lowest BCUT2D eigenvalue weighted by molar-refractivity contribution is -0.384. The van der Waals surface area contributed by atoms with Crippen molar-refractivity contribution in [2.75, 3.05) is 4.90 Å². The van der Waals surface area contributed by atoms with Crippen LogP contribution in [0.25, 0.3) is 0 Å². The van der Waals surface area contributed by atoms with Crippen molar-refractivity contribution in [1.82, 2.24) is 5.32 Å². The molecule has 28 heavy (non-hydrogen) atoms. The van der Waals surface area contributed by atoms with Gasteiger partial charge >= 0.3 is 0 Å². The highest BCUT2D eigenvalue weighted by Gasteiger charge is 2.38. The van der Waals surface area contributed by atoms with Crippen molar-refractivity contribution in [2.45, 2.75) is 13.8 Å². The maximum atomic E-state index is 12.9. The highest BCUT2D eigenvalue weighted by atomic mass is 32.1. The Balaban J connectivity index is 1.88. The van der Waals surface area contributed by atoms with Gasteiger partial charge < -0.3 is 5.32 Å². The molecule has 142 valence electrons. The van der Waals surface area contributed by atoms with Crippen LogP contribution in [0.1, 0.15) is 11.1 Å². The highest BCUT2D eigenvalue weighted by Crippen LogP contribution is 2.25.